The highest BCUT2D eigenvalue weighted by Gasteiger charge is 2.26. The number of halogens is 1. The van der Waals surface area contributed by atoms with Gasteiger partial charge in [0.1, 0.15) is 12.4 Å². The molecule has 0 bridgehead atoms. The van der Waals surface area contributed by atoms with Crippen molar-refractivity contribution in [2.24, 2.45) is 0 Å². The van der Waals surface area contributed by atoms with Crippen LogP contribution in [0.15, 0.2) is 60.7 Å². The molecule has 1 aliphatic rings. The van der Waals surface area contributed by atoms with Crippen LogP contribution >= 0.6 is 11.6 Å². The van der Waals surface area contributed by atoms with Gasteiger partial charge in [-0.1, -0.05) is 42.8 Å². The van der Waals surface area contributed by atoms with Gasteiger partial charge in [-0.25, -0.2) is 4.79 Å². The fourth-order valence-corrected chi connectivity index (χ4v) is 3.97. The molecule has 1 heterocycles. The van der Waals surface area contributed by atoms with E-state index < -0.39 is 5.97 Å². The van der Waals surface area contributed by atoms with Crippen LogP contribution in [0.2, 0.25) is 5.02 Å². The molecule has 6 heteroatoms. The summed E-state index contributed by atoms with van der Waals surface area (Å²) in [7, 11) is 0. The Kier molecular flexibility index (Phi) is 5.96. The topological polar surface area (TPSA) is 66.8 Å². The van der Waals surface area contributed by atoms with E-state index >= 15 is 0 Å². The van der Waals surface area contributed by atoms with Gasteiger partial charge in [0.15, 0.2) is 0 Å². The van der Waals surface area contributed by atoms with Gasteiger partial charge < -0.3 is 14.7 Å². The predicted molar refractivity (Wildman–Crippen MR) is 120 cm³/mol. The number of benzene rings is 3. The molecule has 0 saturated carbocycles. The molecule has 31 heavy (non-hydrogen) atoms. The highest BCUT2D eigenvalue weighted by molar-refractivity contribution is 6.33. The maximum Gasteiger partial charge on any atom is 0.337 e. The standard InChI is InChI=1S/C25H22ClNO4/c1-2-10-27-14-19-12-20(7-8-21(19)24(27)28)31-15-16-4-3-5-17(11-16)18-6-9-23(26)22(13-18)25(29)30/h3-9,11-13H,2,10,14-15H2,1H3,(H,29,30). The molecule has 158 valence electrons. The number of carbonyl (C=O) groups excluding carboxylic acids is 1. The summed E-state index contributed by atoms with van der Waals surface area (Å²) in [4.78, 5) is 25.6. The summed E-state index contributed by atoms with van der Waals surface area (Å²) >= 11 is 5.98. The van der Waals surface area contributed by atoms with Crippen molar-refractivity contribution in [3.8, 4) is 16.9 Å². The van der Waals surface area contributed by atoms with E-state index in [1.807, 2.05) is 47.4 Å². The SMILES string of the molecule is CCCN1Cc2cc(OCc3cccc(-c4ccc(Cl)c(C(=O)O)c4)c3)ccc2C1=O. The minimum atomic E-state index is -1.06. The number of hydrogen-bond donors (Lipinski definition) is 1. The smallest absolute Gasteiger partial charge is 0.337 e. The Hall–Kier alpha value is -3.31. The molecule has 0 unspecified atom stereocenters. The highest BCUT2D eigenvalue weighted by Crippen LogP contribution is 2.29. The van der Waals surface area contributed by atoms with Crippen molar-refractivity contribution in [1.29, 1.82) is 0 Å². The second kappa shape index (κ2) is 8.82. The van der Waals surface area contributed by atoms with Crippen LogP contribution in [0.25, 0.3) is 11.1 Å². The number of fused-ring (bicyclic) bond motifs is 1. The van der Waals surface area contributed by atoms with Gasteiger partial charge in [-0.05, 0) is 65.1 Å². The number of amides is 1. The second-order valence-electron chi connectivity index (χ2n) is 7.53. The minimum absolute atomic E-state index is 0.0747. The number of carboxylic acid groups (broad SMARTS) is 1. The third-order valence-corrected chi connectivity index (χ3v) is 5.64. The quantitative estimate of drug-likeness (QED) is 0.520. The molecule has 0 fully saturated rings. The first-order valence-electron chi connectivity index (χ1n) is 10.1. The number of rotatable bonds is 7. The summed E-state index contributed by atoms with van der Waals surface area (Å²) in [5.41, 5.74) is 4.43. The maximum atomic E-state index is 12.4. The molecular formula is C25H22ClNO4. The van der Waals surface area contributed by atoms with Gasteiger partial charge in [-0.3, -0.25) is 4.79 Å². The van der Waals surface area contributed by atoms with Crippen LogP contribution in [0.3, 0.4) is 0 Å². The van der Waals surface area contributed by atoms with E-state index in [0.717, 1.165) is 46.5 Å². The largest absolute Gasteiger partial charge is 0.489 e. The van der Waals surface area contributed by atoms with Crippen LogP contribution < -0.4 is 4.74 Å². The lowest BCUT2D eigenvalue weighted by molar-refractivity contribution is 0.0696. The Morgan fingerprint density at radius 2 is 1.90 bits per heavy atom. The molecule has 0 spiro atoms. The summed E-state index contributed by atoms with van der Waals surface area (Å²) in [6.45, 7) is 3.80. The molecular weight excluding hydrogens is 414 g/mol. The zero-order chi connectivity index (χ0) is 22.0. The van der Waals surface area contributed by atoms with E-state index in [9.17, 15) is 14.7 Å². The molecule has 4 rings (SSSR count). The van der Waals surface area contributed by atoms with Crippen LogP contribution in [0.5, 0.6) is 5.75 Å². The lowest BCUT2D eigenvalue weighted by Gasteiger charge is -2.13. The second-order valence-corrected chi connectivity index (χ2v) is 7.94. The third kappa shape index (κ3) is 4.42. The number of carboxylic acids is 1. The van der Waals surface area contributed by atoms with E-state index in [1.165, 1.54) is 0 Å². The Morgan fingerprint density at radius 1 is 1.10 bits per heavy atom. The highest BCUT2D eigenvalue weighted by atomic mass is 35.5. The zero-order valence-electron chi connectivity index (χ0n) is 17.1. The van der Waals surface area contributed by atoms with Crippen molar-refractivity contribution in [1.82, 2.24) is 4.90 Å². The van der Waals surface area contributed by atoms with Gasteiger partial charge in [-0.2, -0.15) is 0 Å². The van der Waals surface area contributed by atoms with Gasteiger partial charge in [0.2, 0.25) is 0 Å². The molecule has 0 radical (unpaired) electrons. The van der Waals surface area contributed by atoms with Crippen molar-refractivity contribution >= 4 is 23.5 Å². The fraction of sp³-hybridized carbons (Fsp3) is 0.200. The van der Waals surface area contributed by atoms with Crippen LogP contribution in [-0.2, 0) is 13.2 Å². The molecule has 0 aromatic heterocycles. The molecule has 0 aliphatic carbocycles. The fourth-order valence-electron chi connectivity index (χ4n) is 3.77. The van der Waals surface area contributed by atoms with Crippen LogP contribution in [0, 0.1) is 0 Å². The molecule has 3 aromatic rings. The number of nitrogens with zero attached hydrogens (tertiary/aromatic N) is 1. The Labute approximate surface area is 185 Å². The first-order valence-corrected chi connectivity index (χ1v) is 10.5. The predicted octanol–water partition coefficient (Wildman–Crippen LogP) is 5.65. The van der Waals surface area contributed by atoms with E-state index in [0.29, 0.717) is 13.2 Å². The Bertz CT molecular complexity index is 1160. The van der Waals surface area contributed by atoms with Crippen LogP contribution in [-0.4, -0.2) is 28.4 Å². The van der Waals surface area contributed by atoms with E-state index in [-0.39, 0.29) is 16.5 Å². The number of aromatic carboxylic acids is 1. The summed E-state index contributed by atoms with van der Waals surface area (Å²) < 4.78 is 5.97. The summed E-state index contributed by atoms with van der Waals surface area (Å²) in [6.07, 6.45) is 0.932. The number of hydrogen-bond acceptors (Lipinski definition) is 3. The first-order chi connectivity index (χ1) is 15.0. The molecule has 0 atom stereocenters. The van der Waals surface area contributed by atoms with Gasteiger partial charge >= 0.3 is 5.97 Å². The van der Waals surface area contributed by atoms with Crippen molar-refractivity contribution in [3.05, 3.63) is 87.9 Å². The van der Waals surface area contributed by atoms with Gasteiger partial charge in [0.05, 0.1) is 10.6 Å². The maximum absolute atomic E-state index is 12.4. The Morgan fingerprint density at radius 3 is 2.68 bits per heavy atom. The normalized spacial score (nSPS) is 12.7. The number of ether oxygens (including phenoxy) is 1. The molecule has 1 aliphatic heterocycles. The summed E-state index contributed by atoms with van der Waals surface area (Å²) in [5, 5.41) is 9.51. The van der Waals surface area contributed by atoms with Crippen LogP contribution in [0.1, 0.15) is 45.2 Å². The van der Waals surface area contributed by atoms with Gasteiger partial charge in [0, 0.05) is 18.7 Å². The van der Waals surface area contributed by atoms with Crippen molar-refractivity contribution in [2.75, 3.05) is 6.54 Å². The van der Waals surface area contributed by atoms with Gasteiger partial charge in [-0.15, -0.1) is 0 Å². The molecule has 1 amide bonds. The number of carbonyl (C=O) groups is 2. The third-order valence-electron chi connectivity index (χ3n) is 5.31. The van der Waals surface area contributed by atoms with E-state index in [2.05, 4.69) is 6.92 Å². The van der Waals surface area contributed by atoms with Gasteiger partial charge in [0.25, 0.3) is 5.91 Å². The average molecular weight is 436 g/mol. The lowest BCUT2D eigenvalue weighted by Crippen LogP contribution is -2.24. The van der Waals surface area contributed by atoms with E-state index in [4.69, 9.17) is 16.3 Å². The molecule has 1 N–H and O–H groups in total. The zero-order valence-corrected chi connectivity index (χ0v) is 17.9. The molecule has 5 nitrogen and oxygen atoms in total. The Balaban J connectivity index is 1.49. The first kappa shape index (κ1) is 20.9. The molecule has 0 saturated heterocycles. The minimum Gasteiger partial charge on any atom is -0.489 e. The van der Waals surface area contributed by atoms with Crippen molar-refractivity contribution < 1.29 is 19.4 Å². The monoisotopic (exact) mass is 435 g/mol. The average Bonchev–Trinajstić information content (AvgIpc) is 3.07. The summed E-state index contributed by atoms with van der Waals surface area (Å²) in [5.74, 6) is -0.256. The van der Waals surface area contributed by atoms with Crippen LogP contribution in [0.4, 0.5) is 0 Å². The van der Waals surface area contributed by atoms with Crippen molar-refractivity contribution in [3.63, 3.8) is 0 Å². The van der Waals surface area contributed by atoms with Crippen molar-refractivity contribution in [2.45, 2.75) is 26.5 Å². The lowest BCUT2D eigenvalue weighted by atomic mass is 10.0. The van der Waals surface area contributed by atoms with E-state index in [1.54, 1.807) is 18.2 Å². The summed E-state index contributed by atoms with van der Waals surface area (Å²) in [6, 6.07) is 18.3. The molecule has 3 aromatic carbocycles.